The summed E-state index contributed by atoms with van der Waals surface area (Å²) < 4.78 is 2.27. The van der Waals surface area contributed by atoms with Crippen LogP contribution < -0.4 is 9.80 Å². The molecule has 1 aromatic heterocycles. The van der Waals surface area contributed by atoms with Gasteiger partial charge in [-0.25, -0.2) is 4.98 Å². The van der Waals surface area contributed by atoms with Crippen molar-refractivity contribution in [2.75, 3.05) is 36.0 Å². The number of imidazole rings is 1. The highest BCUT2D eigenvalue weighted by molar-refractivity contribution is 5.96. The first-order valence-corrected chi connectivity index (χ1v) is 11.1. The number of likely N-dealkylation sites (tertiary alicyclic amines) is 1. The van der Waals surface area contributed by atoms with Crippen LogP contribution in [0.2, 0.25) is 0 Å². The Morgan fingerprint density at radius 2 is 1.66 bits per heavy atom. The van der Waals surface area contributed by atoms with E-state index in [4.69, 9.17) is 0 Å². The number of rotatable bonds is 4. The molecular formula is C23H31N5O. The van der Waals surface area contributed by atoms with Gasteiger partial charge in [0.15, 0.2) is 0 Å². The van der Waals surface area contributed by atoms with Crippen LogP contribution in [0.4, 0.5) is 11.4 Å². The number of anilines is 2. The highest BCUT2D eigenvalue weighted by Crippen LogP contribution is 2.31. The Morgan fingerprint density at radius 1 is 0.931 bits per heavy atom. The minimum Gasteiger partial charge on any atom is -0.371 e. The number of carbonyl (C=O) groups excluding carboxylic acids is 1. The van der Waals surface area contributed by atoms with E-state index in [1.165, 1.54) is 31.5 Å². The summed E-state index contributed by atoms with van der Waals surface area (Å²) in [5.41, 5.74) is 2.32. The fourth-order valence-electron chi connectivity index (χ4n) is 5.37. The molecule has 29 heavy (non-hydrogen) atoms. The molecular weight excluding hydrogens is 362 g/mol. The molecule has 154 valence electrons. The smallest absolute Gasteiger partial charge is 0.227 e. The predicted octanol–water partition coefficient (Wildman–Crippen LogP) is 3.31. The summed E-state index contributed by atoms with van der Waals surface area (Å²) in [7, 11) is 0. The van der Waals surface area contributed by atoms with Crippen molar-refractivity contribution in [2.45, 2.75) is 57.2 Å². The van der Waals surface area contributed by atoms with Crippen molar-refractivity contribution >= 4 is 17.3 Å². The van der Waals surface area contributed by atoms with E-state index in [0.717, 1.165) is 31.7 Å². The fraction of sp³-hybridized carbons (Fsp3) is 0.565. The van der Waals surface area contributed by atoms with Crippen molar-refractivity contribution in [2.24, 2.45) is 0 Å². The molecule has 0 saturated carbocycles. The first-order chi connectivity index (χ1) is 14.2. The van der Waals surface area contributed by atoms with Crippen molar-refractivity contribution in [3.05, 3.63) is 43.0 Å². The van der Waals surface area contributed by atoms with Crippen LogP contribution in [-0.4, -0.2) is 58.6 Å². The lowest BCUT2D eigenvalue weighted by molar-refractivity contribution is -0.117. The van der Waals surface area contributed by atoms with Crippen LogP contribution in [0.3, 0.4) is 0 Å². The summed E-state index contributed by atoms with van der Waals surface area (Å²) in [6.45, 7) is 6.70. The lowest BCUT2D eigenvalue weighted by atomic mass is 10.0. The Labute approximate surface area is 173 Å². The molecule has 1 amide bonds. The number of benzene rings is 1. The third-order valence-corrected chi connectivity index (χ3v) is 7.10. The number of piperidine rings is 1. The van der Waals surface area contributed by atoms with Crippen LogP contribution in [0.5, 0.6) is 0 Å². The van der Waals surface area contributed by atoms with Crippen molar-refractivity contribution in [1.29, 1.82) is 0 Å². The molecule has 0 aliphatic carbocycles. The van der Waals surface area contributed by atoms with Gasteiger partial charge in [0.05, 0.1) is 6.33 Å². The standard InChI is InChI=1S/C23H31N5O/c1-18-2-7-23(29)28(18)21-5-3-19(4-6-21)25-12-8-20(9-13-25)26-14-10-22(16-26)27-15-11-24-17-27/h3-6,11,15,17-18,20,22H,2,7-10,12-14,16H2,1H3/t18-,22-/m0/s1. The summed E-state index contributed by atoms with van der Waals surface area (Å²) >= 11 is 0. The molecule has 3 fully saturated rings. The molecule has 6 nitrogen and oxygen atoms in total. The largest absolute Gasteiger partial charge is 0.371 e. The number of hydrogen-bond acceptors (Lipinski definition) is 4. The molecule has 0 bridgehead atoms. The van der Waals surface area contributed by atoms with Crippen LogP contribution in [0.1, 0.15) is 45.1 Å². The zero-order chi connectivity index (χ0) is 19.8. The van der Waals surface area contributed by atoms with E-state index < -0.39 is 0 Å². The van der Waals surface area contributed by atoms with E-state index in [-0.39, 0.29) is 5.91 Å². The number of hydrogen-bond donors (Lipinski definition) is 0. The lowest BCUT2D eigenvalue weighted by Crippen LogP contribution is -2.44. The Bertz CT molecular complexity index is 825. The van der Waals surface area contributed by atoms with Gasteiger partial charge in [-0.15, -0.1) is 0 Å². The Balaban J connectivity index is 1.16. The second kappa shape index (κ2) is 7.82. The molecule has 2 aromatic rings. The number of aromatic nitrogens is 2. The molecule has 3 aliphatic rings. The summed E-state index contributed by atoms with van der Waals surface area (Å²) in [6, 6.07) is 10.2. The molecule has 3 aliphatic heterocycles. The van der Waals surface area contributed by atoms with Gasteiger partial charge in [0.2, 0.25) is 5.91 Å². The zero-order valence-corrected chi connectivity index (χ0v) is 17.3. The van der Waals surface area contributed by atoms with E-state index in [2.05, 4.69) is 56.7 Å². The molecule has 6 heteroatoms. The fourth-order valence-corrected chi connectivity index (χ4v) is 5.37. The van der Waals surface area contributed by atoms with Crippen molar-refractivity contribution in [3.63, 3.8) is 0 Å². The van der Waals surface area contributed by atoms with Gasteiger partial charge in [0.25, 0.3) is 0 Å². The molecule has 1 aromatic carbocycles. The van der Waals surface area contributed by atoms with Crippen molar-refractivity contribution in [1.82, 2.24) is 14.5 Å². The second-order valence-electron chi connectivity index (χ2n) is 8.83. The summed E-state index contributed by atoms with van der Waals surface area (Å²) in [4.78, 5) is 23.5. The van der Waals surface area contributed by atoms with E-state index >= 15 is 0 Å². The van der Waals surface area contributed by atoms with Gasteiger partial charge >= 0.3 is 0 Å². The minimum absolute atomic E-state index is 0.255. The average molecular weight is 394 g/mol. The second-order valence-corrected chi connectivity index (χ2v) is 8.83. The van der Waals surface area contributed by atoms with Crippen LogP contribution in [0, 0.1) is 0 Å². The van der Waals surface area contributed by atoms with Gasteiger partial charge in [-0.3, -0.25) is 9.69 Å². The van der Waals surface area contributed by atoms with E-state index in [0.29, 0.717) is 24.5 Å². The first-order valence-electron chi connectivity index (χ1n) is 11.1. The molecule has 2 atom stereocenters. The molecule has 0 unspecified atom stereocenters. The maximum absolute atomic E-state index is 12.1. The van der Waals surface area contributed by atoms with Crippen LogP contribution in [0.15, 0.2) is 43.0 Å². The molecule has 0 radical (unpaired) electrons. The molecule has 3 saturated heterocycles. The topological polar surface area (TPSA) is 44.6 Å². The van der Waals surface area contributed by atoms with E-state index in [1.54, 1.807) is 0 Å². The van der Waals surface area contributed by atoms with Gasteiger partial charge in [-0.2, -0.15) is 0 Å². The number of carbonyl (C=O) groups is 1. The minimum atomic E-state index is 0.255. The maximum Gasteiger partial charge on any atom is 0.227 e. The molecule has 0 N–H and O–H groups in total. The predicted molar refractivity (Wildman–Crippen MR) is 115 cm³/mol. The van der Waals surface area contributed by atoms with Crippen molar-refractivity contribution in [3.8, 4) is 0 Å². The summed E-state index contributed by atoms with van der Waals surface area (Å²) in [5, 5.41) is 0. The normalized spacial score (nSPS) is 26.6. The molecule has 4 heterocycles. The van der Waals surface area contributed by atoms with Gasteiger partial charge in [0.1, 0.15) is 0 Å². The quantitative estimate of drug-likeness (QED) is 0.799. The SMILES string of the molecule is C[C@H]1CCC(=O)N1c1ccc(N2CCC(N3CC[C@H](n4ccnc4)C3)CC2)cc1. The third kappa shape index (κ3) is 3.66. The lowest BCUT2D eigenvalue weighted by Gasteiger charge is -2.38. The summed E-state index contributed by atoms with van der Waals surface area (Å²) in [6.07, 6.45) is 11.2. The highest BCUT2D eigenvalue weighted by atomic mass is 16.2. The Morgan fingerprint density at radius 3 is 2.31 bits per heavy atom. The van der Waals surface area contributed by atoms with Crippen LogP contribution >= 0.6 is 0 Å². The Kier molecular flexibility index (Phi) is 5.04. The third-order valence-electron chi connectivity index (χ3n) is 7.10. The van der Waals surface area contributed by atoms with E-state index in [9.17, 15) is 4.79 Å². The Hall–Kier alpha value is -2.34. The van der Waals surface area contributed by atoms with Crippen molar-refractivity contribution < 1.29 is 4.79 Å². The highest BCUT2D eigenvalue weighted by Gasteiger charge is 2.32. The summed E-state index contributed by atoms with van der Waals surface area (Å²) in [5.74, 6) is 0.255. The monoisotopic (exact) mass is 393 g/mol. The zero-order valence-electron chi connectivity index (χ0n) is 17.3. The molecule has 0 spiro atoms. The van der Waals surface area contributed by atoms with Gasteiger partial charge in [-0.05, 0) is 56.9 Å². The average Bonchev–Trinajstić information content (AvgIpc) is 3.50. The number of nitrogens with zero attached hydrogens (tertiary/aromatic N) is 5. The van der Waals surface area contributed by atoms with Gasteiger partial charge < -0.3 is 14.4 Å². The van der Waals surface area contributed by atoms with Gasteiger partial charge in [-0.1, -0.05) is 0 Å². The van der Waals surface area contributed by atoms with Gasteiger partial charge in [0, 0.05) is 74.5 Å². The van der Waals surface area contributed by atoms with Crippen LogP contribution in [0.25, 0.3) is 0 Å². The first kappa shape index (κ1) is 18.7. The van der Waals surface area contributed by atoms with E-state index in [1.807, 2.05) is 17.4 Å². The van der Waals surface area contributed by atoms with Crippen LogP contribution in [-0.2, 0) is 4.79 Å². The molecule has 5 rings (SSSR count). The number of amides is 1. The maximum atomic E-state index is 12.1.